The standard InChI is InChI=1S/2C22H25ClN2O4.C22H25ClN2O3.C18H18ClNO.C10H18O5.C2HF3O.2CH2Cl2.3CH4/c2*1-21(2,3)29-20(26)24-12-9-22(10-13-24)17-7-5-4-6-16(17)19(28-22)18-14-15(23)8-11-25(18)27;1-21(2,3)28-20(26)25-12-9-22(10-13-25)17-7-5-4-6-16(17)19(27-22)18-14-15(23)8-11-24-18;19-13-8-11-20-16(12-13)17-14-6-2-3-7-15(14)18(21-17)9-4-1-5-10-18;1-9(2,3)14-7(11)13-8(12)15-10(4,5)6;3-2(4,5)1-6;2*2-1-3;;;/h2*4-8,11,14,19H,9-10,12-13H2,1-3H3;4-8,11,14,19H,9-10,12-13H2,1-3H3;2-3,6-8,11-12,17H,1,4-5,9-10H2;1-6H3;1H;2*1H2;3*1H4. The third kappa shape index (κ3) is 32.7. The number of hydrogen-bond acceptors (Lipinski definition) is 20. The first-order valence-electron chi connectivity index (χ1n) is 43.8. The molecule has 0 N–H and O–H groups in total. The molecule has 1 saturated carbocycles. The van der Waals surface area contributed by atoms with Crippen molar-refractivity contribution >= 4 is 130 Å². The average molecular weight is 2070 g/mol. The lowest BCUT2D eigenvalue weighted by Gasteiger charge is -2.40. The Morgan fingerprint density at radius 3 is 0.891 bits per heavy atom. The number of likely N-dealkylation sites (tertiary alicyclic amines) is 3. The second kappa shape index (κ2) is 50.1. The average Bonchev–Trinajstić information content (AvgIpc) is 1.59. The molecule has 4 aromatic carbocycles. The fourth-order valence-electron chi connectivity index (χ4n) is 16.7. The molecule has 25 nitrogen and oxygen atoms in total. The highest BCUT2D eigenvalue weighted by molar-refractivity contribution is 6.41. The number of halogens is 11. The maximum absolute atomic E-state index is 12.4. The summed E-state index contributed by atoms with van der Waals surface area (Å²) in [7, 11) is 0. The zero-order valence-electron chi connectivity index (χ0n) is 77.6. The minimum atomic E-state index is -4.64. The first kappa shape index (κ1) is 117. The Balaban J connectivity index is 0.000000257. The van der Waals surface area contributed by atoms with Gasteiger partial charge in [-0.25, -0.2) is 24.0 Å². The van der Waals surface area contributed by atoms with E-state index in [4.69, 9.17) is 140 Å². The number of amides is 3. The number of hydrogen-bond donors (Lipinski definition) is 0. The molecule has 1 aliphatic carbocycles. The Hall–Kier alpha value is -8.75. The van der Waals surface area contributed by atoms with Crippen LogP contribution >= 0.6 is 92.8 Å². The molecule has 4 atom stereocenters. The van der Waals surface area contributed by atoms with E-state index in [-0.39, 0.29) is 69.0 Å². The molecule has 4 spiro atoms. The normalized spacial score (nSPS) is 18.6. The van der Waals surface area contributed by atoms with E-state index in [0.717, 1.165) is 74.3 Å². The zero-order valence-corrected chi connectivity index (χ0v) is 83.7. The molecule has 0 bridgehead atoms. The van der Waals surface area contributed by atoms with Gasteiger partial charge in [0.15, 0.2) is 24.6 Å². The summed E-state index contributed by atoms with van der Waals surface area (Å²) >= 11 is 43.6. The number of pyridine rings is 4. The van der Waals surface area contributed by atoms with Crippen molar-refractivity contribution in [1.29, 1.82) is 0 Å². The number of piperidine rings is 3. The van der Waals surface area contributed by atoms with E-state index in [0.29, 0.717) is 96.4 Å². The summed E-state index contributed by atoms with van der Waals surface area (Å²) in [4.78, 5) is 82.2. The van der Waals surface area contributed by atoms with Crippen LogP contribution in [0.5, 0.6) is 0 Å². The second-order valence-electron chi connectivity index (χ2n) is 37.7. The van der Waals surface area contributed by atoms with Gasteiger partial charge in [-0.1, -0.05) is 185 Å². The highest BCUT2D eigenvalue weighted by Gasteiger charge is 2.54. The summed E-state index contributed by atoms with van der Waals surface area (Å²) in [5.74, 6) is 0. The maximum atomic E-state index is 12.4. The van der Waals surface area contributed by atoms with Crippen molar-refractivity contribution in [3.8, 4) is 0 Å². The number of aldehydes is 1. The lowest BCUT2D eigenvalue weighted by atomic mass is 9.79. The summed E-state index contributed by atoms with van der Waals surface area (Å²) in [5, 5.41) is 27.6. The van der Waals surface area contributed by atoms with Crippen LogP contribution in [0.15, 0.2) is 170 Å². The Labute approximate surface area is 843 Å². The van der Waals surface area contributed by atoms with Crippen molar-refractivity contribution in [2.75, 3.05) is 49.9 Å². The van der Waals surface area contributed by atoms with Gasteiger partial charge in [-0.2, -0.15) is 22.6 Å². The molecule has 3 amide bonds. The summed E-state index contributed by atoms with van der Waals surface area (Å²) in [6, 6.07) is 46.6. The minimum Gasteiger partial charge on any atom is -0.618 e. The number of carbonyl (C=O) groups is 6. The molecule has 0 radical (unpaired) electrons. The van der Waals surface area contributed by atoms with Gasteiger partial charge in [0.2, 0.25) is 17.7 Å². The molecule has 8 aromatic rings. The Morgan fingerprint density at radius 1 is 0.394 bits per heavy atom. The number of nitrogens with zero attached hydrogens (tertiary/aromatic N) is 7. The highest BCUT2D eigenvalue weighted by atomic mass is 35.5. The number of fused-ring (bicyclic) bond motifs is 8. The topological polar surface area (TPSA) is 284 Å². The largest absolute Gasteiger partial charge is 0.618 e. The highest BCUT2D eigenvalue weighted by Crippen LogP contribution is 2.56. The lowest BCUT2D eigenvalue weighted by molar-refractivity contribution is -0.618. The van der Waals surface area contributed by atoms with Crippen LogP contribution in [0.25, 0.3) is 0 Å². The molecule has 4 fully saturated rings. The first-order chi connectivity index (χ1) is 62.8. The number of benzene rings is 4. The minimum absolute atomic E-state index is 0. The van der Waals surface area contributed by atoms with Gasteiger partial charge in [-0.15, -0.1) is 46.4 Å². The van der Waals surface area contributed by atoms with Gasteiger partial charge < -0.3 is 72.5 Å². The summed E-state index contributed by atoms with van der Waals surface area (Å²) in [6.45, 7) is 30.2. The molecule has 137 heavy (non-hydrogen) atoms. The van der Waals surface area contributed by atoms with E-state index in [1.165, 1.54) is 48.3 Å². The predicted molar refractivity (Wildman–Crippen MR) is 527 cm³/mol. The molecule has 752 valence electrons. The Kier molecular flexibility index (Phi) is 42.8. The van der Waals surface area contributed by atoms with Crippen LogP contribution in [0, 0.1) is 10.4 Å². The number of aromatic nitrogens is 4. The molecular weight excluding hydrogens is 1940 g/mol. The molecule has 16 rings (SSSR count). The lowest BCUT2D eigenvalue weighted by Crippen LogP contribution is -2.47. The number of rotatable bonds is 4. The molecule has 36 heteroatoms. The van der Waals surface area contributed by atoms with Crippen LogP contribution in [0.3, 0.4) is 0 Å². The van der Waals surface area contributed by atoms with Gasteiger partial charge in [0.05, 0.1) is 54.5 Å². The summed E-state index contributed by atoms with van der Waals surface area (Å²) in [5.41, 5.74) is 7.18. The monoisotopic (exact) mass is 2060 g/mol. The van der Waals surface area contributed by atoms with Gasteiger partial charge in [0.25, 0.3) is 0 Å². The quantitative estimate of drug-likeness (QED) is 0.0301. The fourth-order valence-corrected chi connectivity index (χ4v) is 17.4. The maximum Gasteiger partial charge on any atom is 0.519 e. The zero-order chi connectivity index (χ0) is 98.7. The van der Waals surface area contributed by atoms with Crippen LogP contribution in [0.2, 0.25) is 20.1 Å². The molecular formula is C101H128Cl8F3N7O18. The van der Waals surface area contributed by atoms with Crippen molar-refractivity contribution in [3.63, 3.8) is 0 Å². The van der Waals surface area contributed by atoms with Gasteiger partial charge in [0, 0.05) is 86.0 Å². The van der Waals surface area contributed by atoms with Crippen molar-refractivity contribution in [2.24, 2.45) is 0 Å². The molecule has 3 saturated heterocycles. The Morgan fingerprint density at radius 2 is 0.635 bits per heavy atom. The van der Waals surface area contributed by atoms with Crippen LogP contribution < -0.4 is 9.46 Å². The van der Waals surface area contributed by atoms with E-state index in [2.05, 4.69) is 63.2 Å². The van der Waals surface area contributed by atoms with E-state index in [1.807, 2.05) is 129 Å². The van der Waals surface area contributed by atoms with Gasteiger partial charge in [-0.3, -0.25) is 14.8 Å². The molecule has 8 aliphatic rings. The third-order valence-corrected chi connectivity index (χ3v) is 23.0. The summed E-state index contributed by atoms with van der Waals surface area (Å²) < 4.78 is 89.5. The fraction of sp³-hybridized carbons (Fsp3) is 0.505. The molecule has 4 aromatic heterocycles. The SMILES string of the molecule is C.C.C.CC(C)(C)OC(=O)N1CCC2(CC1)OC(c1cc(Cl)cc[n+]1[O-])c1ccccc12.CC(C)(C)OC(=O)N1CCC2(CC1)OC(c1cc(Cl)cc[n+]1[O-])c1ccccc12.CC(C)(C)OC(=O)N1CCC2(CC1)OC(c1cc(Cl)ccn1)c1ccccc12.CC(C)(C)OC(=O)OC(=O)OC(C)(C)C.ClCCl.ClCCl.Clc1ccnc(C2OC3(CCCCC3)c3ccccc32)c1.O=CC(F)(F)F. The number of alkyl halides is 7. The van der Waals surface area contributed by atoms with Crippen LogP contribution in [0.4, 0.5) is 37.1 Å². The number of carbonyl (C=O) groups excluding carboxylic acids is 6. The second-order valence-corrected chi connectivity index (χ2v) is 41.0. The van der Waals surface area contributed by atoms with Crippen LogP contribution in [-0.4, -0.2) is 146 Å². The van der Waals surface area contributed by atoms with E-state index >= 15 is 0 Å². The van der Waals surface area contributed by atoms with E-state index < -0.39 is 81.8 Å². The number of ether oxygens (including phenoxy) is 10. The molecule has 11 heterocycles. The van der Waals surface area contributed by atoms with Crippen molar-refractivity contribution in [2.45, 2.75) is 278 Å². The van der Waals surface area contributed by atoms with Crippen molar-refractivity contribution < 1.29 is 98.8 Å². The molecule has 4 unspecified atom stereocenters. The van der Waals surface area contributed by atoms with Crippen LogP contribution in [-0.2, 0) is 74.6 Å². The smallest absolute Gasteiger partial charge is 0.519 e. The Bertz CT molecular complexity index is 5130. The van der Waals surface area contributed by atoms with E-state index in [1.54, 1.807) is 99.0 Å². The van der Waals surface area contributed by atoms with Gasteiger partial charge in [0.1, 0.15) is 40.2 Å². The van der Waals surface area contributed by atoms with Gasteiger partial charge >= 0.3 is 36.8 Å². The molecule has 7 aliphatic heterocycles. The summed E-state index contributed by atoms with van der Waals surface area (Å²) in [6.07, 6.45) is 6.29. The van der Waals surface area contributed by atoms with Crippen LogP contribution in [0.1, 0.15) is 288 Å². The van der Waals surface area contributed by atoms with Crippen molar-refractivity contribution in [1.82, 2.24) is 24.7 Å². The van der Waals surface area contributed by atoms with E-state index in [9.17, 15) is 47.6 Å². The first-order valence-corrected chi connectivity index (χ1v) is 47.4. The third-order valence-electron chi connectivity index (χ3n) is 22.1. The van der Waals surface area contributed by atoms with Gasteiger partial charge in [-0.05, 0) is 224 Å². The van der Waals surface area contributed by atoms with Crippen molar-refractivity contribution in [3.05, 3.63) is 268 Å². The predicted octanol–water partition coefficient (Wildman–Crippen LogP) is 27.1.